The lowest BCUT2D eigenvalue weighted by molar-refractivity contribution is -0.182. The van der Waals surface area contributed by atoms with E-state index in [1.807, 2.05) is 0 Å². The standard InChI is InChI=1S/C42H60Br3NO17/c1-36(2,3)29(49)57-18-41(11,19-58-30(50)37(4,5)43)34(54)61-22-40(10,33(53)56-16-15-46-28(48)27-24(17-47)25-13-14-26(27)63-25)23-62-35(55)42(12,20-59-31(51)38(6,7)44)21-60-32(52)39(8,9)45/h13-14,17,24-27H,15-16,18-23H2,1-12H3,(H,46,48)/t24-,25?,26?,27-,40?,41?/m1/s1. The summed E-state index contributed by atoms with van der Waals surface area (Å²) in [6, 6.07) is 0. The maximum atomic E-state index is 13.9. The van der Waals surface area contributed by atoms with Crippen molar-refractivity contribution in [1.29, 1.82) is 0 Å². The van der Waals surface area contributed by atoms with Crippen LogP contribution in [0, 0.1) is 33.5 Å². The van der Waals surface area contributed by atoms with E-state index in [1.165, 1.54) is 62.3 Å². The summed E-state index contributed by atoms with van der Waals surface area (Å²) in [7, 11) is 0. The minimum atomic E-state index is -2.00. The molecule has 21 heteroatoms. The second kappa shape index (κ2) is 21.7. The predicted molar refractivity (Wildman–Crippen MR) is 233 cm³/mol. The van der Waals surface area contributed by atoms with Crippen LogP contribution in [0.3, 0.4) is 0 Å². The normalized spacial score (nSPS) is 20.6. The molecule has 1 saturated heterocycles. The number of esters is 7. The van der Waals surface area contributed by atoms with Gasteiger partial charge in [0.15, 0.2) is 0 Å². The van der Waals surface area contributed by atoms with Crippen LogP contribution in [0.4, 0.5) is 0 Å². The maximum absolute atomic E-state index is 13.9. The Morgan fingerprint density at radius 1 is 0.508 bits per heavy atom. The summed E-state index contributed by atoms with van der Waals surface area (Å²) in [5, 5.41) is 2.62. The Kier molecular flexibility index (Phi) is 19.2. The quantitative estimate of drug-likeness (QED) is 0.0376. The number of carbonyl (C=O) groups excluding carboxylic acids is 9. The highest BCUT2D eigenvalue weighted by molar-refractivity contribution is 9.10. The van der Waals surface area contributed by atoms with Crippen molar-refractivity contribution in [2.75, 3.05) is 52.8 Å². The summed E-state index contributed by atoms with van der Waals surface area (Å²) in [5.41, 5.74) is -6.63. The summed E-state index contributed by atoms with van der Waals surface area (Å²) >= 11 is 9.59. The van der Waals surface area contributed by atoms with E-state index < -0.39 is 153 Å². The summed E-state index contributed by atoms with van der Waals surface area (Å²) in [5.74, 6) is -8.15. The van der Waals surface area contributed by atoms with Crippen LogP contribution in [0.2, 0.25) is 0 Å². The molecular formula is C42H60Br3NO17. The molecule has 356 valence electrons. The molecule has 2 aliphatic heterocycles. The summed E-state index contributed by atoms with van der Waals surface area (Å²) in [6.45, 7) is 13.0. The van der Waals surface area contributed by atoms with E-state index in [-0.39, 0.29) is 6.54 Å². The lowest BCUT2D eigenvalue weighted by Gasteiger charge is -2.33. The van der Waals surface area contributed by atoms with Crippen LogP contribution in [0.1, 0.15) is 83.1 Å². The van der Waals surface area contributed by atoms with Crippen LogP contribution in [-0.4, -0.2) is 132 Å². The molecule has 0 aromatic rings. The van der Waals surface area contributed by atoms with E-state index in [1.54, 1.807) is 32.9 Å². The van der Waals surface area contributed by atoms with E-state index in [0.717, 1.165) is 0 Å². The van der Waals surface area contributed by atoms with Gasteiger partial charge in [0.25, 0.3) is 0 Å². The Labute approximate surface area is 393 Å². The van der Waals surface area contributed by atoms with Crippen molar-refractivity contribution in [2.45, 2.75) is 108 Å². The highest BCUT2D eigenvalue weighted by atomic mass is 79.9. The molecule has 18 nitrogen and oxygen atoms in total. The SMILES string of the molecule is CC(C)(C)C(=O)OCC(C)(COC(=O)C(C)(C)Br)C(=O)OCC(C)(COC(=O)C(C)(COC(=O)C(C)(C)Br)COC(=O)C(C)(C)Br)C(=O)OCCNC(=O)[C@H]1C2C=CC(O2)[C@H]1C=O. The van der Waals surface area contributed by atoms with Gasteiger partial charge < -0.3 is 48.0 Å². The zero-order valence-corrected chi connectivity index (χ0v) is 42.5. The molecule has 1 N–H and O–H groups in total. The number of amides is 1. The van der Waals surface area contributed by atoms with Crippen LogP contribution in [0.25, 0.3) is 0 Å². The number of aldehydes is 1. The number of fused-ring (bicyclic) bond motifs is 2. The van der Waals surface area contributed by atoms with Gasteiger partial charge in [0.2, 0.25) is 5.91 Å². The molecule has 0 aromatic carbocycles. The van der Waals surface area contributed by atoms with Gasteiger partial charge in [0, 0.05) is 0 Å². The highest BCUT2D eigenvalue weighted by Gasteiger charge is 2.50. The Morgan fingerprint density at radius 3 is 1.16 bits per heavy atom. The number of carbonyl (C=O) groups is 9. The Balaban J connectivity index is 2.40. The summed E-state index contributed by atoms with van der Waals surface area (Å²) < 4.78 is 40.6. The van der Waals surface area contributed by atoms with E-state index in [4.69, 9.17) is 37.9 Å². The molecule has 2 heterocycles. The van der Waals surface area contributed by atoms with Gasteiger partial charge in [-0.3, -0.25) is 38.4 Å². The topological polar surface area (TPSA) is 239 Å². The molecule has 0 saturated carbocycles. The third kappa shape index (κ3) is 15.9. The summed E-state index contributed by atoms with van der Waals surface area (Å²) in [4.78, 5) is 117. The van der Waals surface area contributed by atoms with Gasteiger partial charge in [-0.25, -0.2) is 0 Å². The average Bonchev–Trinajstić information content (AvgIpc) is 3.80. The monoisotopic (exact) mass is 1090 g/mol. The van der Waals surface area contributed by atoms with E-state index >= 15 is 0 Å². The van der Waals surface area contributed by atoms with Crippen molar-refractivity contribution >= 4 is 102 Å². The number of hydrogen-bond donors (Lipinski definition) is 1. The van der Waals surface area contributed by atoms with Gasteiger partial charge in [0.05, 0.1) is 36.0 Å². The van der Waals surface area contributed by atoms with Crippen molar-refractivity contribution in [3.05, 3.63) is 12.2 Å². The second-order valence-electron chi connectivity index (χ2n) is 18.9. The fraction of sp³-hybridized carbons (Fsp3) is 0.738. The molecule has 6 atom stereocenters. The first-order valence-corrected chi connectivity index (χ1v) is 22.3. The Hall–Kier alpha value is -3.43. The number of halogens is 3. The molecule has 0 aromatic heterocycles. The maximum Gasteiger partial charge on any atom is 0.322 e. The number of alkyl halides is 3. The van der Waals surface area contributed by atoms with Crippen molar-refractivity contribution in [2.24, 2.45) is 33.5 Å². The predicted octanol–water partition coefficient (Wildman–Crippen LogP) is 4.26. The molecule has 2 bridgehead atoms. The molecule has 0 radical (unpaired) electrons. The zero-order chi connectivity index (χ0) is 48.6. The lowest BCUT2D eigenvalue weighted by atomic mass is 9.83. The minimum Gasteiger partial charge on any atom is -0.464 e. The molecule has 2 aliphatic rings. The van der Waals surface area contributed by atoms with Crippen LogP contribution in [-0.2, 0) is 81.0 Å². The van der Waals surface area contributed by atoms with Gasteiger partial charge in [-0.2, -0.15) is 0 Å². The third-order valence-corrected chi connectivity index (χ3v) is 10.7. The second-order valence-corrected chi connectivity index (χ2v) is 24.9. The van der Waals surface area contributed by atoms with Crippen molar-refractivity contribution in [1.82, 2.24) is 5.32 Å². The van der Waals surface area contributed by atoms with Gasteiger partial charge >= 0.3 is 41.8 Å². The number of ether oxygens (including phenoxy) is 8. The first-order chi connectivity index (χ1) is 28.6. The van der Waals surface area contributed by atoms with Crippen LogP contribution in [0.5, 0.6) is 0 Å². The fourth-order valence-electron chi connectivity index (χ4n) is 5.34. The van der Waals surface area contributed by atoms with Crippen molar-refractivity contribution in [3.8, 4) is 0 Å². The lowest BCUT2D eigenvalue weighted by Crippen LogP contribution is -2.48. The van der Waals surface area contributed by atoms with Gasteiger partial charge in [-0.1, -0.05) is 59.9 Å². The molecular weight excluding hydrogens is 1030 g/mol. The van der Waals surface area contributed by atoms with E-state index in [2.05, 4.69) is 53.1 Å². The largest absolute Gasteiger partial charge is 0.464 e. The molecule has 2 rings (SSSR count). The van der Waals surface area contributed by atoms with Crippen LogP contribution in [0.15, 0.2) is 12.2 Å². The molecule has 1 amide bonds. The Morgan fingerprint density at radius 2 is 0.825 bits per heavy atom. The summed E-state index contributed by atoms with van der Waals surface area (Å²) in [6.07, 6.45) is 2.95. The van der Waals surface area contributed by atoms with Gasteiger partial charge in [-0.05, 0) is 83.1 Å². The molecule has 4 unspecified atom stereocenters. The number of nitrogens with one attached hydrogen (secondary N) is 1. The molecule has 1 fully saturated rings. The van der Waals surface area contributed by atoms with Gasteiger partial charge in [-0.15, -0.1) is 0 Å². The first-order valence-electron chi connectivity index (χ1n) is 20.0. The average molecular weight is 1090 g/mol. The zero-order valence-electron chi connectivity index (χ0n) is 37.8. The molecule has 63 heavy (non-hydrogen) atoms. The number of rotatable bonds is 23. The van der Waals surface area contributed by atoms with Crippen LogP contribution >= 0.6 is 47.8 Å². The van der Waals surface area contributed by atoms with Crippen LogP contribution < -0.4 is 5.32 Å². The highest BCUT2D eigenvalue weighted by Crippen LogP contribution is 2.38. The van der Waals surface area contributed by atoms with Crippen molar-refractivity contribution < 1.29 is 81.0 Å². The van der Waals surface area contributed by atoms with Gasteiger partial charge in [0.1, 0.15) is 81.8 Å². The molecule has 0 spiro atoms. The third-order valence-electron chi connectivity index (χ3n) is 9.73. The minimum absolute atomic E-state index is 0.210. The van der Waals surface area contributed by atoms with E-state index in [9.17, 15) is 43.2 Å². The number of hydrogen-bond acceptors (Lipinski definition) is 17. The van der Waals surface area contributed by atoms with E-state index in [0.29, 0.717) is 6.29 Å². The Bertz CT molecular complexity index is 1620. The fourth-order valence-corrected chi connectivity index (χ4v) is 5.68. The smallest absolute Gasteiger partial charge is 0.322 e. The first kappa shape index (κ1) is 55.7. The van der Waals surface area contributed by atoms with Crippen molar-refractivity contribution in [3.63, 3.8) is 0 Å². The molecule has 0 aliphatic carbocycles.